The molecule has 0 atom stereocenters. The Bertz CT molecular complexity index is 762. The molecule has 1 aromatic heterocycles. The number of pyridine rings is 1. The highest BCUT2D eigenvalue weighted by atomic mass is 16.1. The van der Waals surface area contributed by atoms with Crippen LogP contribution in [0.15, 0.2) is 60.7 Å². The van der Waals surface area contributed by atoms with Crippen LogP contribution < -0.4 is 0 Å². The second-order valence-corrected chi connectivity index (χ2v) is 4.53. The molecular weight excluding hydrogens is 234 g/mol. The fourth-order valence-electron chi connectivity index (χ4n) is 2.16. The van der Waals surface area contributed by atoms with E-state index in [0.717, 1.165) is 16.5 Å². The van der Waals surface area contributed by atoms with Gasteiger partial charge in [-0.25, -0.2) is 4.98 Å². The summed E-state index contributed by atoms with van der Waals surface area (Å²) in [6.45, 7) is 1.94. The maximum atomic E-state index is 12.4. The molecule has 92 valence electrons. The van der Waals surface area contributed by atoms with Crippen molar-refractivity contribution in [3.05, 3.63) is 77.5 Å². The number of carbonyl (C=O) groups excluding carboxylic acids is 1. The second kappa shape index (κ2) is 4.65. The average molecular weight is 247 g/mol. The zero-order valence-electron chi connectivity index (χ0n) is 10.6. The molecular formula is C17H13NO. The van der Waals surface area contributed by atoms with Gasteiger partial charge in [0.05, 0.1) is 5.52 Å². The fraction of sp³-hybridized carbons (Fsp3) is 0.0588. The lowest BCUT2D eigenvalue weighted by Crippen LogP contribution is -2.05. The summed E-state index contributed by atoms with van der Waals surface area (Å²) < 4.78 is 0. The van der Waals surface area contributed by atoms with Crippen LogP contribution in [-0.2, 0) is 0 Å². The Morgan fingerprint density at radius 1 is 0.895 bits per heavy atom. The molecule has 0 bridgehead atoms. The van der Waals surface area contributed by atoms with Gasteiger partial charge in [-0.3, -0.25) is 4.79 Å². The summed E-state index contributed by atoms with van der Waals surface area (Å²) >= 11 is 0. The number of carbonyl (C=O) groups is 1. The van der Waals surface area contributed by atoms with E-state index in [1.54, 1.807) is 6.07 Å². The van der Waals surface area contributed by atoms with Gasteiger partial charge in [-0.1, -0.05) is 48.5 Å². The number of para-hydroxylation sites is 1. The zero-order chi connectivity index (χ0) is 13.2. The van der Waals surface area contributed by atoms with E-state index >= 15 is 0 Å². The highest BCUT2D eigenvalue weighted by Crippen LogP contribution is 2.16. The van der Waals surface area contributed by atoms with Crippen LogP contribution in [0.3, 0.4) is 0 Å². The van der Waals surface area contributed by atoms with Crippen molar-refractivity contribution >= 4 is 16.7 Å². The molecule has 3 aromatic rings. The molecule has 2 nitrogen and oxygen atoms in total. The molecule has 2 aromatic carbocycles. The molecule has 1 heterocycles. The van der Waals surface area contributed by atoms with Gasteiger partial charge in [-0.2, -0.15) is 0 Å². The molecule has 0 saturated carbocycles. The largest absolute Gasteiger partial charge is 0.287 e. The van der Waals surface area contributed by atoms with Gasteiger partial charge in [0.25, 0.3) is 0 Å². The van der Waals surface area contributed by atoms with Crippen molar-refractivity contribution in [2.24, 2.45) is 0 Å². The molecule has 0 spiro atoms. The lowest BCUT2D eigenvalue weighted by molar-refractivity contribution is 0.103. The van der Waals surface area contributed by atoms with Crippen LogP contribution in [0.4, 0.5) is 0 Å². The van der Waals surface area contributed by atoms with Gasteiger partial charge < -0.3 is 0 Å². The van der Waals surface area contributed by atoms with Crippen LogP contribution in [-0.4, -0.2) is 10.8 Å². The highest BCUT2D eigenvalue weighted by Gasteiger charge is 2.12. The summed E-state index contributed by atoms with van der Waals surface area (Å²) in [6, 6.07) is 19.1. The Labute approximate surface area is 111 Å². The van der Waals surface area contributed by atoms with E-state index in [4.69, 9.17) is 0 Å². The third-order valence-electron chi connectivity index (χ3n) is 3.22. The topological polar surface area (TPSA) is 30.0 Å². The zero-order valence-corrected chi connectivity index (χ0v) is 10.6. The molecule has 0 fully saturated rings. The lowest BCUT2D eigenvalue weighted by atomic mass is 10.0. The first-order chi connectivity index (χ1) is 9.25. The molecule has 0 aliphatic carbocycles. The average Bonchev–Trinajstić information content (AvgIpc) is 2.46. The monoisotopic (exact) mass is 247 g/mol. The van der Waals surface area contributed by atoms with E-state index < -0.39 is 0 Å². The van der Waals surface area contributed by atoms with Gasteiger partial charge >= 0.3 is 0 Å². The first-order valence-electron chi connectivity index (χ1n) is 6.22. The number of rotatable bonds is 2. The number of aromatic nitrogens is 1. The number of benzene rings is 2. The molecule has 0 saturated heterocycles. The third kappa shape index (κ3) is 2.13. The van der Waals surface area contributed by atoms with Crippen molar-refractivity contribution in [2.75, 3.05) is 0 Å². The first kappa shape index (κ1) is 11.6. The van der Waals surface area contributed by atoms with Crippen molar-refractivity contribution in [2.45, 2.75) is 6.92 Å². The smallest absolute Gasteiger partial charge is 0.211 e. The lowest BCUT2D eigenvalue weighted by Gasteiger charge is -2.05. The molecule has 0 amide bonds. The Kier molecular flexibility index (Phi) is 2.84. The van der Waals surface area contributed by atoms with Crippen molar-refractivity contribution in [3.63, 3.8) is 0 Å². The van der Waals surface area contributed by atoms with Gasteiger partial charge in [0.2, 0.25) is 5.78 Å². The minimum Gasteiger partial charge on any atom is -0.287 e. The van der Waals surface area contributed by atoms with Crippen LogP contribution in [0.25, 0.3) is 10.9 Å². The van der Waals surface area contributed by atoms with E-state index in [0.29, 0.717) is 11.3 Å². The van der Waals surface area contributed by atoms with E-state index in [9.17, 15) is 4.79 Å². The van der Waals surface area contributed by atoms with Gasteiger partial charge in [0, 0.05) is 10.9 Å². The number of fused-ring (bicyclic) bond motifs is 1. The SMILES string of the molecule is Cc1ccccc1C(=O)c1ccc2ccccc2n1. The fourth-order valence-corrected chi connectivity index (χ4v) is 2.16. The van der Waals surface area contributed by atoms with Gasteiger partial charge in [0.1, 0.15) is 5.69 Å². The molecule has 3 rings (SSSR count). The number of hydrogen-bond donors (Lipinski definition) is 0. The molecule has 0 N–H and O–H groups in total. The van der Waals surface area contributed by atoms with E-state index in [1.165, 1.54) is 0 Å². The minimum absolute atomic E-state index is 0.0242. The van der Waals surface area contributed by atoms with Crippen molar-refractivity contribution < 1.29 is 4.79 Å². The summed E-state index contributed by atoms with van der Waals surface area (Å²) in [5.74, 6) is -0.0242. The Morgan fingerprint density at radius 3 is 2.47 bits per heavy atom. The highest BCUT2D eigenvalue weighted by molar-refractivity contribution is 6.09. The molecule has 2 heteroatoms. The normalized spacial score (nSPS) is 10.6. The quantitative estimate of drug-likeness (QED) is 0.645. The number of hydrogen-bond acceptors (Lipinski definition) is 2. The summed E-state index contributed by atoms with van der Waals surface area (Å²) in [6.07, 6.45) is 0. The van der Waals surface area contributed by atoms with Crippen molar-refractivity contribution in [1.29, 1.82) is 0 Å². The van der Waals surface area contributed by atoms with Crippen LogP contribution in [0, 0.1) is 6.92 Å². The molecule has 0 aliphatic heterocycles. The van der Waals surface area contributed by atoms with Gasteiger partial charge in [0.15, 0.2) is 0 Å². The second-order valence-electron chi connectivity index (χ2n) is 4.53. The third-order valence-corrected chi connectivity index (χ3v) is 3.22. The molecule has 0 radical (unpaired) electrons. The van der Waals surface area contributed by atoms with E-state index in [2.05, 4.69) is 4.98 Å². The Balaban J connectivity index is 2.09. The maximum absolute atomic E-state index is 12.4. The Morgan fingerprint density at radius 2 is 1.63 bits per heavy atom. The molecule has 0 aliphatic rings. The number of aryl methyl sites for hydroxylation is 1. The number of ketones is 1. The van der Waals surface area contributed by atoms with Crippen molar-refractivity contribution in [1.82, 2.24) is 4.98 Å². The maximum Gasteiger partial charge on any atom is 0.211 e. The first-order valence-corrected chi connectivity index (χ1v) is 6.22. The van der Waals surface area contributed by atoms with E-state index in [-0.39, 0.29) is 5.78 Å². The van der Waals surface area contributed by atoms with Crippen LogP contribution in [0.2, 0.25) is 0 Å². The Hall–Kier alpha value is -2.48. The predicted molar refractivity (Wildman–Crippen MR) is 76.4 cm³/mol. The van der Waals surface area contributed by atoms with E-state index in [1.807, 2.05) is 61.5 Å². The standard InChI is InChI=1S/C17H13NO/c1-12-6-2-4-8-14(12)17(19)16-11-10-13-7-3-5-9-15(13)18-16/h2-11H,1H3. The van der Waals surface area contributed by atoms with Crippen LogP contribution in [0.1, 0.15) is 21.6 Å². The molecule has 0 unspecified atom stereocenters. The van der Waals surface area contributed by atoms with Gasteiger partial charge in [-0.15, -0.1) is 0 Å². The molecule has 19 heavy (non-hydrogen) atoms. The summed E-state index contributed by atoms with van der Waals surface area (Å²) in [4.78, 5) is 16.9. The summed E-state index contributed by atoms with van der Waals surface area (Å²) in [7, 11) is 0. The number of nitrogens with zero attached hydrogens (tertiary/aromatic N) is 1. The van der Waals surface area contributed by atoms with Gasteiger partial charge in [-0.05, 0) is 24.6 Å². The summed E-state index contributed by atoms with van der Waals surface area (Å²) in [5, 5.41) is 1.05. The summed E-state index contributed by atoms with van der Waals surface area (Å²) in [5.41, 5.74) is 3.03. The van der Waals surface area contributed by atoms with Crippen LogP contribution in [0.5, 0.6) is 0 Å². The van der Waals surface area contributed by atoms with Crippen LogP contribution >= 0.6 is 0 Å². The minimum atomic E-state index is -0.0242. The van der Waals surface area contributed by atoms with Crippen molar-refractivity contribution in [3.8, 4) is 0 Å². The predicted octanol–water partition coefficient (Wildman–Crippen LogP) is 3.77.